The van der Waals surface area contributed by atoms with E-state index in [1.165, 1.54) is 7.11 Å². The largest absolute Gasteiger partial charge is 0.493 e. The molecule has 1 atom stereocenters. The van der Waals surface area contributed by atoms with Crippen molar-refractivity contribution in [3.63, 3.8) is 0 Å². The first-order chi connectivity index (χ1) is 19.7. The second-order valence-corrected chi connectivity index (χ2v) is 13.6. The maximum Gasteiger partial charge on any atom is 0.339 e. The predicted molar refractivity (Wildman–Crippen MR) is 165 cm³/mol. The van der Waals surface area contributed by atoms with Gasteiger partial charge in [-0.2, -0.15) is 0 Å². The number of fused-ring (bicyclic) bond motifs is 1. The van der Waals surface area contributed by atoms with Crippen molar-refractivity contribution in [2.24, 2.45) is 0 Å². The van der Waals surface area contributed by atoms with Crippen molar-refractivity contribution in [2.45, 2.75) is 65.8 Å². The molecule has 1 unspecified atom stereocenters. The van der Waals surface area contributed by atoms with Gasteiger partial charge < -0.3 is 18.9 Å². The van der Waals surface area contributed by atoms with E-state index in [-0.39, 0.29) is 12.3 Å². The lowest BCUT2D eigenvalue weighted by atomic mass is 9.85. The van der Waals surface area contributed by atoms with Gasteiger partial charge in [-0.05, 0) is 99.5 Å². The van der Waals surface area contributed by atoms with Gasteiger partial charge in [0, 0.05) is 16.1 Å². The number of halogens is 1. The molecule has 0 aliphatic carbocycles. The fraction of sp³-hybridized carbons (Fsp3) is 0.406. The number of rotatable bonds is 9. The Labute approximate surface area is 253 Å². The van der Waals surface area contributed by atoms with Crippen LogP contribution in [0, 0.1) is 13.8 Å². The average Bonchev–Trinajstić information content (AvgIpc) is 2.92. The summed E-state index contributed by atoms with van der Waals surface area (Å²) in [5.41, 5.74) is 4.55. The van der Waals surface area contributed by atoms with Crippen molar-refractivity contribution in [1.29, 1.82) is 0 Å². The molecule has 1 aliphatic heterocycles. The van der Waals surface area contributed by atoms with Gasteiger partial charge in [0.2, 0.25) is 10.0 Å². The third-order valence-corrected chi connectivity index (χ3v) is 7.75. The number of nitrogens with one attached hydrogen (secondary N) is 1. The van der Waals surface area contributed by atoms with E-state index in [0.29, 0.717) is 39.6 Å². The minimum atomic E-state index is -3.74. The van der Waals surface area contributed by atoms with Crippen molar-refractivity contribution in [3.05, 3.63) is 75.3 Å². The molecule has 4 rings (SSSR count). The molecule has 1 aliphatic rings. The van der Waals surface area contributed by atoms with Crippen LogP contribution in [0.1, 0.15) is 61.1 Å². The van der Waals surface area contributed by atoms with Crippen LogP contribution in [0.25, 0.3) is 11.1 Å². The van der Waals surface area contributed by atoms with E-state index in [4.69, 9.17) is 30.5 Å². The van der Waals surface area contributed by atoms with E-state index in [0.717, 1.165) is 41.5 Å². The van der Waals surface area contributed by atoms with E-state index in [9.17, 15) is 13.2 Å². The van der Waals surface area contributed by atoms with Gasteiger partial charge in [-0.15, -0.1) is 0 Å². The maximum atomic E-state index is 13.3. The summed E-state index contributed by atoms with van der Waals surface area (Å²) < 4.78 is 51.6. The SMILES string of the molecule is COC(=O)C(OC(C)(C)C)c1c(C)c(NS(C)(=O)=O)c(OCc2ccc(Cl)cc2)c(C)c1-c1ccc2c(c1)CCCO2. The lowest BCUT2D eigenvalue weighted by Gasteiger charge is -2.31. The van der Waals surface area contributed by atoms with Crippen molar-refractivity contribution in [3.8, 4) is 22.6 Å². The highest BCUT2D eigenvalue weighted by molar-refractivity contribution is 7.92. The number of methoxy groups -OCH3 is 1. The van der Waals surface area contributed by atoms with Crippen molar-refractivity contribution in [2.75, 3.05) is 24.7 Å². The minimum Gasteiger partial charge on any atom is -0.493 e. The van der Waals surface area contributed by atoms with Gasteiger partial charge >= 0.3 is 5.97 Å². The summed E-state index contributed by atoms with van der Waals surface area (Å²) in [6.07, 6.45) is 1.67. The molecule has 0 radical (unpaired) electrons. The number of esters is 1. The molecule has 0 amide bonds. The van der Waals surface area contributed by atoms with Crippen LogP contribution in [-0.2, 0) is 37.3 Å². The Kier molecular flexibility index (Phi) is 9.45. The number of ether oxygens (including phenoxy) is 4. The molecule has 0 aromatic heterocycles. The van der Waals surface area contributed by atoms with E-state index in [2.05, 4.69) is 10.8 Å². The third kappa shape index (κ3) is 7.38. The standard InChI is InChI=1S/C32H38ClNO7S/c1-19-27(30(31(35)38-6)41-32(3,4)5)26(23-12-15-25-22(17-23)9-8-16-39-25)20(2)29(28(19)34-42(7,36)37)40-18-21-10-13-24(33)14-11-21/h10-15,17,30,34H,8-9,16,18H2,1-7H3. The van der Waals surface area contributed by atoms with Gasteiger partial charge in [0.25, 0.3) is 0 Å². The van der Waals surface area contributed by atoms with Crippen LogP contribution in [0.4, 0.5) is 5.69 Å². The van der Waals surface area contributed by atoms with Crippen LogP contribution in [0.3, 0.4) is 0 Å². The lowest BCUT2D eigenvalue weighted by Crippen LogP contribution is -2.29. The predicted octanol–water partition coefficient (Wildman–Crippen LogP) is 6.93. The van der Waals surface area contributed by atoms with Crippen LogP contribution in [0.5, 0.6) is 11.5 Å². The molecule has 0 fully saturated rings. The molecule has 0 spiro atoms. The second-order valence-electron chi connectivity index (χ2n) is 11.4. The molecular weight excluding hydrogens is 578 g/mol. The maximum absolute atomic E-state index is 13.3. The van der Waals surface area contributed by atoms with Gasteiger partial charge in [0.1, 0.15) is 18.1 Å². The molecule has 226 valence electrons. The summed E-state index contributed by atoms with van der Waals surface area (Å²) in [5.74, 6) is 0.570. The van der Waals surface area contributed by atoms with Crippen LogP contribution in [-0.4, -0.2) is 40.0 Å². The second kappa shape index (κ2) is 12.5. The van der Waals surface area contributed by atoms with Crippen LogP contribution in [0.2, 0.25) is 5.02 Å². The Hall–Kier alpha value is -3.27. The molecule has 1 heterocycles. The lowest BCUT2D eigenvalue weighted by molar-refractivity contribution is -0.164. The van der Waals surface area contributed by atoms with Crippen molar-refractivity contribution < 1.29 is 32.2 Å². The van der Waals surface area contributed by atoms with E-state index < -0.39 is 27.7 Å². The monoisotopic (exact) mass is 615 g/mol. The van der Waals surface area contributed by atoms with Gasteiger partial charge in [-0.1, -0.05) is 29.8 Å². The Balaban J connectivity index is 2.03. The van der Waals surface area contributed by atoms with Crippen LogP contribution in [0.15, 0.2) is 42.5 Å². The van der Waals surface area contributed by atoms with Gasteiger partial charge in [-0.3, -0.25) is 4.72 Å². The summed E-state index contributed by atoms with van der Waals surface area (Å²) in [5, 5.41) is 0.598. The van der Waals surface area contributed by atoms with Gasteiger partial charge in [0.15, 0.2) is 6.10 Å². The quantitative estimate of drug-likeness (QED) is 0.261. The number of carbonyl (C=O) groups is 1. The first-order valence-corrected chi connectivity index (χ1v) is 16.0. The Morgan fingerprint density at radius 2 is 1.79 bits per heavy atom. The third-order valence-electron chi connectivity index (χ3n) is 6.92. The molecule has 10 heteroatoms. The Bertz CT molecular complexity index is 1580. The number of anilines is 1. The normalized spacial score (nSPS) is 14.0. The number of carbonyl (C=O) groups excluding carboxylic acids is 1. The van der Waals surface area contributed by atoms with E-state index in [1.54, 1.807) is 19.1 Å². The van der Waals surface area contributed by atoms with E-state index in [1.807, 2.05) is 52.0 Å². The highest BCUT2D eigenvalue weighted by atomic mass is 35.5. The molecular formula is C32H38ClNO7S. The first-order valence-electron chi connectivity index (χ1n) is 13.7. The summed E-state index contributed by atoms with van der Waals surface area (Å²) in [6.45, 7) is 9.97. The summed E-state index contributed by atoms with van der Waals surface area (Å²) in [7, 11) is -2.44. The highest BCUT2D eigenvalue weighted by Gasteiger charge is 2.35. The molecule has 8 nitrogen and oxygen atoms in total. The molecule has 3 aromatic rings. The van der Waals surface area contributed by atoms with E-state index >= 15 is 0 Å². The van der Waals surface area contributed by atoms with Gasteiger partial charge in [0.05, 0.1) is 31.3 Å². The smallest absolute Gasteiger partial charge is 0.339 e. The number of hydrogen-bond donors (Lipinski definition) is 1. The highest BCUT2D eigenvalue weighted by Crippen LogP contribution is 2.48. The fourth-order valence-corrected chi connectivity index (χ4v) is 5.86. The summed E-state index contributed by atoms with van der Waals surface area (Å²) in [6, 6.07) is 13.1. The molecule has 0 bridgehead atoms. The first kappa shape index (κ1) is 31.7. The molecule has 0 saturated heterocycles. The zero-order valence-corrected chi connectivity index (χ0v) is 26.7. The fourth-order valence-electron chi connectivity index (χ4n) is 5.12. The van der Waals surface area contributed by atoms with Crippen molar-refractivity contribution in [1.82, 2.24) is 0 Å². The van der Waals surface area contributed by atoms with Crippen LogP contribution >= 0.6 is 11.6 Å². The average molecular weight is 616 g/mol. The minimum absolute atomic E-state index is 0.158. The number of aryl methyl sites for hydroxylation is 1. The molecule has 42 heavy (non-hydrogen) atoms. The van der Waals surface area contributed by atoms with Crippen LogP contribution < -0.4 is 14.2 Å². The summed E-state index contributed by atoms with van der Waals surface area (Å²) in [4.78, 5) is 13.3. The number of benzene rings is 3. The number of hydrogen-bond acceptors (Lipinski definition) is 7. The zero-order chi connectivity index (χ0) is 30.8. The number of sulfonamides is 1. The topological polar surface area (TPSA) is 100 Å². The molecule has 1 N–H and O–H groups in total. The molecule has 3 aromatic carbocycles. The Morgan fingerprint density at radius 3 is 2.40 bits per heavy atom. The summed E-state index contributed by atoms with van der Waals surface area (Å²) >= 11 is 6.07. The Morgan fingerprint density at radius 1 is 1.10 bits per heavy atom. The molecule has 0 saturated carbocycles. The van der Waals surface area contributed by atoms with Crippen molar-refractivity contribution >= 4 is 33.3 Å². The van der Waals surface area contributed by atoms with Gasteiger partial charge in [-0.25, -0.2) is 13.2 Å². The zero-order valence-electron chi connectivity index (χ0n) is 25.1.